The first-order chi connectivity index (χ1) is 15.7. The van der Waals surface area contributed by atoms with Crippen molar-refractivity contribution in [3.05, 3.63) is 68.6 Å². The average Bonchev–Trinajstić information content (AvgIpc) is 2.77. The fourth-order valence-electron chi connectivity index (χ4n) is 2.73. The minimum Gasteiger partial charge on any atom is -0.493 e. The highest BCUT2D eigenvalue weighted by Gasteiger charge is 2.24. The smallest absolute Gasteiger partial charge is 0.262 e. The highest BCUT2D eigenvalue weighted by Crippen LogP contribution is 2.36. The summed E-state index contributed by atoms with van der Waals surface area (Å²) in [6, 6.07) is 7.16. The molecule has 0 saturated carbocycles. The molecule has 7 nitrogen and oxygen atoms in total. The summed E-state index contributed by atoms with van der Waals surface area (Å²) in [7, 11) is 1.52. The maximum absolute atomic E-state index is 12.7. The van der Waals surface area contributed by atoms with Crippen LogP contribution in [0.25, 0.3) is 0 Å². The number of rotatable bonds is 10. The number of nitrogens with zero attached hydrogens (tertiary/aromatic N) is 1. The normalized spacial score (nSPS) is 11.8. The molecule has 2 amide bonds. The first-order valence-electron chi connectivity index (χ1n) is 9.88. The van der Waals surface area contributed by atoms with E-state index in [1.807, 2.05) is 13.8 Å². The fraction of sp³-hybridized carbons (Fsp3) is 0.261. The Morgan fingerprint density at radius 1 is 1.21 bits per heavy atom. The SMILES string of the molecule is C=CCOc1c(Br)cc(C=NNC(=O)C(NC(=O)c2ccc(Cl)c(Cl)c2)C(C)C)cc1OC. The Balaban J connectivity index is 2.10. The number of carbonyl (C=O) groups excluding carboxylic acids is 2. The van der Waals surface area contributed by atoms with E-state index in [0.717, 1.165) is 0 Å². The monoisotopic (exact) mass is 555 g/mol. The van der Waals surface area contributed by atoms with E-state index in [9.17, 15) is 9.59 Å². The van der Waals surface area contributed by atoms with Crippen molar-refractivity contribution in [3.8, 4) is 11.5 Å². The second-order valence-electron chi connectivity index (χ2n) is 7.19. The van der Waals surface area contributed by atoms with Gasteiger partial charge in [-0.3, -0.25) is 9.59 Å². The van der Waals surface area contributed by atoms with Crippen LogP contribution in [0.4, 0.5) is 0 Å². The quantitative estimate of drug-likeness (QED) is 0.238. The van der Waals surface area contributed by atoms with E-state index < -0.39 is 17.9 Å². The maximum Gasteiger partial charge on any atom is 0.262 e. The predicted molar refractivity (Wildman–Crippen MR) is 135 cm³/mol. The molecule has 2 aromatic rings. The standard InChI is InChI=1S/C23H24BrCl2N3O4/c1-5-8-33-21-16(24)9-14(10-19(21)32-4)12-27-29-23(31)20(13(2)3)28-22(30)15-6-7-17(25)18(26)11-15/h5-7,9-13,20H,1,8H2,2-4H3,(H,28,30)(H,29,31). The number of nitrogens with one attached hydrogen (secondary N) is 2. The molecule has 2 aromatic carbocycles. The Kier molecular flexibility index (Phi) is 10.2. The first kappa shape index (κ1) is 26.7. The third-order valence-electron chi connectivity index (χ3n) is 4.40. The lowest BCUT2D eigenvalue weighted by molar-refractivity contribution is -0.123. The summed E-state index contributed by atoms with van der Waals surface area (Å²) in [5, 5.41) is 7.30. The number of methoxy groups -OCH3 is 1. The van der Waals surface area contributed by atoms with Gasteiger partial charge in [-0.15, -0.1) is 0 Å². The number of hydrogen-bond donors (Lipinski definition) is 2. The van der Waals surface area contributed by atoms with E-state index in [1.54, 1.807) is 18.2 Å². The number of amides is 2. The van der Waals surface area contributed by atoms with E-state index in [4.69, 9.17) is 32.7 Å². The van der Waals surface area contributed by atoms with Gasteiger partial charge in [0.15, 0.2) is 11.5 Å². The van der Waals surface area contributed by atoms with Gasteiger partial charge in [-0.25, -0.2) is 5.43 Å². The molecular weight excluding hydrogens is 533 g/mol. The molecule has 176 valence electrons. The molecule has 2 rings (SSSR count). The second kappa shape index (κ2) is 12.6. The zero-order valence-electron chi connectivity index (χ0n) is 18.3. The fourth-order valence-corrected chi connectivity index (χ4v) is 3.61. The molecular formula is C23H24BrCl2N3O4. The number of halogens is 3. The third kappa shape index (κ3) is 7.48. The molecule has 2 N–H and O–H groups in total. The zero-order valence-corrected chi connectivity index (χ0v) is 21.4. The highest BCUT2D eigenvalue weighted by molar-refractivity contribution is 9.10. The molecule has 33 heavy (non-hydrogen) atoms. The summed E-state index contributed by atoms with van der Waals surface area (Å²) in [5.74, 6) is -0.0827. The molecule has 0 saturated heterocycles. The minimum absolute atomic E-state index is 0.192. The Bertz CT molecular complexity index is 1060. The summed E-state index contributed by atoms with van der Waals surface area (Å²) >= 11 is 15.3. The zero-order chi connectivity index (χ0) is 24.5. The van der Waals surface area contributed by atoms with Crippen molar-refractivity contribution in [1.82, 2.24) is 10.7 Å². The minimum atomic E-state index is -0.819. The lowest BCUT2D eigenvalue weighted by Gasteiger charge is -2.20. The first-order valence-corrected chi connectivity index (χ1v) is 11.4. The van der Waals surface area contributed by atoms with Crippen LogP contribution in [0.5, 0.6) is 11.5 Å². The predicted octanol–water partition coefficient (Wildman–Crippen LogP) is 5.23. The molecule has 10 heteroatoms. The van der Waals surface area contributed by atoms with Crippen LogP contribution in [0, 0.1) is 5.92 Å². The number of hydrazone groups is 1. The van der Waals surface area contributed by atoms with Gasteiger partial charge in [0.2, 0.25) is 0 Å². The van der Waals surface area contributed by atoms with Crippen molar-refractivity contribution in [1.29, 1.82) is 0 Å². The summed E-state index contributed by atoms with van der Waals surface area (Å²) in [4.78, 5) is 25.2. The van der Waals surface area contributed by atoms with Crippen LogP contribution < -0.4 is 20.2 Å². The van der Waals surface area contributed by atoms with E-state index in [-0.39, 0.29) is 10.9 Å². The van der Waals surface area contributed by atoms with Gasteiger partial charge in [-0.05, 0) is 57.7 Å². The van der Waals surface area contributed by atoms with Gasteiger partial charge in [0.05, 0.1) is 27.8 Å². The van der Waals surface area contributed by atoms with Crippen LogP contribution in [-0.4, -0.2) is 37.8 Å². The van der Waals surface area contributed by atoms with Gasteiger partial charge in [0.25, 0.3) is 11.8 Å². The van der Waals surface area contributed by atoms with Gasteiger partial charge in [-0.2, -0.15) is 5.10 Å². The highest BCUT2D eigenvalue weighted by atomic mass is 79.9. The van der Waals surface area contributed by atoms with E-state index >= 15 is 0 Å². The molecule has 0 spiro atoms. The van der Waals surface area contributed by atoms with Crippen molar-refractivity contribution in [2.45, 2.75) is 19.9 Å². The Morgan fingerprint density at radius 2 is 1.94 bits per heavy atom. The number of benzene rings is 2. The topological polar surface area (TPSA) is 89.0 Å². The van der Waals surface area contributed by atoms with Gasteiger partial charge in [0.1, 0.15) is 12.6 Å². The lowest BCUT2D eigenvalue weighted by atomic mass is 10.0. The largest absolute Gasteiger partial charge is 0.493 e. The van der Waals surface area contributed by atoms with E-state index in [2.05, 4.69) is 38.4 Å². The van der Waals surface area contributed by atoms with Crippen LogP contribution in [0.15, 0.2) is 52.6 Å². The number of hydrogen-bond acceptors (Lipinski definition) is 5. The Hall–Kier alpha value is -2.55. The van der Waals surface area contributed by atoms with E-state index in [1.165, 1.54) is 31.5 Å². The molecule has 0 radical (unpaired) electrons. The third-order valence-corrected chi connectivity index (χ3v) is 5.73. The molecule has 0 bridgehead atoms. The Morgan fingerprint density at radius 3 is 2.55 bits per heavy atom. The van der Waals surface area contributed by atoms with Crippen molar-refractivity contribution in [2.24, 2.45) is 11.0 Å². The summed E-state index contributed by atoms with van der Waals surface area (Å²) < 4.78 is 11.6. The van der Waals surface area contributed by atoms with Crippen LogP contribution in [0.1, 0.15) is 29.8 Å². The second-order valence-corrected chi connectivity index (χ2v) is 8.86. The Labute approximate surface area is 211 Å². The molecule has 0 aromatic heterocycles. The van der Waals surface area contributed by atoms with E-state index in [0.29, 0.717) is 38.7 Å². The average molecular weight is 557 g/mol. The van der Waals surface area contributed by atoms with Crippen molar-refractivity contribution < 1.29 is 19.1 Å². The molecule has 1 unspecified atom stereocenters. The summed E-state index contributed by atoms with van der Waals surface area (Å²) in [5.41, 5.74) is 3.42. The molecule has 0 aliphatic rings. The van der Waals surface area contributed by atoms with Crippen molar-refractivity contribution in [2.75, 3.05) is 13.7 Å². The number of carbonyl (C=O) groups is 2. The maximum atomic E-state index is 12.7. The molecule has 1 atom stereocenters. The molecule has 0 aliphatic heterocycles. The lowest BCUT2D eigenvalue weighted by Crippen LogP contribution is -2.48. The molecule has 0 aliphatic carbocycles. The van der Waals surface area contributed by atoms with Gasteiger partial charge in [0, 0.05) is 5.56 Å². The van der Waals surface area contributed by atoms with Gasteiger partial charge < -0.3 is 14.8 Å². The number of ether oxygens (including phenoxy) is 2. The van der Waals surface area contributed by atoms with Crippen LogP contribution in [-0.2, 0) is 4.79 Å². The van der Waals surface area contributed by atoms with Gasteiger partial charge in [-0.1, -0.05) is 49.7 Å². The summed E-state index contributed by atoms with van der Waals surface area (Å²) in [6.07, 6.45) is 3.09. The van der Waals surface area contributed by atoms with Crippen LogP contribution >= 0.6 is 39.1 Å². The van der Waals surface area contributed by atoms with Crippen LogP contribution in [0.2, 0.25) is 10.0 Å². The van der Waals surface area contributed by atoms with Crippen molar-refractivity contribution in [3.63, 3.8) is 0 Å². The van der Waals surface area contributed by atoms with Crippen molar-refractivity contribution >= 4 is 57.2 Å². The molecule has 0 heterocycles. The van der Waals surface area contributed by atoms with Crippen LogP contribution in [0.3, 0.4) is 0 Å². The molecule has 0 fully saturated rings. The summed E-state index contributed by atoms with van der Waals surface area (Å²) in [6.45, 7) is 7.57. The van der Waals surface area contributed by atoms with Gasteiger partial charge >= 0.3 is 0 Å².